The molecular formula is C18H12Cl3NO2. The number of hydrogen-bond acceptors (Lipinski definition) is 2. The molecule has 1 heterocycles. The summed E-state index contributed by atoms with van der Waals surface area (Å²) in [4.78, 5) is 26.3. The van der Waals surface area contributed by atoms with Crippen LogP contribution in [0.15, 0.2) is 47.5 Å². The number of nitrogens with zero attached hydrogens (tertiary/aromatic N) is 1. The van der Waals surface area contributed by atoms with Crippen molar-refractivity contribution < 1.29 is 9.59 Å². The second-order valence-electron chi connectivity index (χ2n) is 5.28. The average Bonchev–Trinajstić information content (AvgIpc) is 2.78. The van der Waals surface area contributed by atoms with E-state index in [9.17, 15) is 9.59 Å². The first-order chi connectivity index (χ1) is 11.4. The predicted molar refractivity (Wildman–Crippen MR) is 97.5 cm³/mol. The van der Waals surface area contributed by atoms with E-state index in [4.69, 9.17) is 34.8 Å². The maximum Gasteiger partial charge on any atom is 0.277 e. The molecule has 3 nitrogen and oxygen atoms in total. The lowest BCUT2D eigenvalue weighted by molar-refractivity contribution is -0.119. The summed E-state index contributed by atoms with van der Waals surface area (Å²) in [5, 5.41) is 0.549. The molecule has 2 aromatic rings. The molecule has 0 unspecified atom stereocenters. The van der Waals surface area contributed by atoms with Gasteiger partial charge in [0.1, 0.15) is 5.03 Å². The van der Waals surface area contributed by atoms with Crippen molar-refractivity contribution in [2.24, 2.45) is 0 Å². The van der Waals surface area contributed by atoms with Crippen LogP contribution in [0.1, 0.15) is 18.1 Å². The molecule has 0 saturated carbocycles. The number of benzene rings is 2. The number of carbonyl (C=O) groups is 2. The van der Waals surface area contributed by atoms with E-state index < -0.39 is 11.8 Å². The summed E-state index contributed by atoms with van der Waals surface area (Å²) >= 11 is 18.2. The Balaban J connectivity index is 2.04. The van der Waals surface area contributed by atoms with Crippen LogP contribution in [-0.4, -0.2) is 11.8 Å². The monoisotopic (exact) mass is 379 g/mol. The van der Waals surface area contributed by atoms with Crippen molar-refractivity contribution in [2.45, 2.75) is 13.3 Å². The third-order valence-electron chi connectivity index (χ3n) is 3.83. The van der Waals surface area contributed by atoms with Gasteiger partial charge in [-0.2, -0.15) is 0 Å². The number of hydrogen-bond donors (Lipinski definition) is 0. The van der Waals surface area contributed by atoms with E-state index in [2.05, 4.69) is 0 Å². The number of halogens is 3. The molecule has 3 rings (SSSR count). The first-order valence-corrected chi connectivity index (χ1v) is 8.40. The van der Waals surface area contributed by atoms with Gasteiger partial charge in [-0.1, -0.05) is 59.9 Å². The van der Waals surface area contributed by atoms with E-state index in [1.54, 1.807) is 24.3 Å². The molecule has 0 bridgehead atoms. The zero-order valence-electron chi connectivity index (χ0n) is 12.6. The molecular weight excluding hydrogens is 369 g/mol. The van der Waals surface area contributed by atoms with Crippen molar-refractivity contribution in [3.05, 3.63) is 68.7 Å². The highest BCUT2D eigenvalue weighted by Crippen LogP contribution is 2.38. The van der Waals surface area contributed by atoms with Crippen LogP contribution in [0.4, 0.5) is 5.69 Å². The fourth-order valence-electron chi connectivity index (χ4n) is 2.54. The number of anilines is 1. The van der Waals surface area contributed by atoms with Gasteiger partial charge in [0.25, 0.3) is 11.8 Å². The topological polar surface area (TPSA) is 37.4 Å². The Kier molecular flexibility index (Phi) is 4.68. The molecule has 0 atom stereocenters. The zero-order valence-corrected chi connectivity index (χ0v) is 14.9. The van der Waals surface area contributed by atoms with E-state index >= 15 is 0 Å². The zero-order chi connectivity index (χ0) is 17.4. The normalized spacial score (nSPS) is 14.8. The summed E-state index contributed by atoms with van der Waals surface area (Å²) in [6.45, 7) is 2.03. The van der Waals surface area contributed by atoms with Gasteiger partial charge in [0.05, 0.1) is 16.3 Å². The number of aryl methyl sites for hydroxylation is 1. The lowest BCUT2D eigenvalue weighted by Crippen LogP contribution is -2.31. The van der Waals surface area contributed by atoms with E-state index in [1.807, 2.05) is 19.1 Å². The summed E-state index contributed by atoms with van der Waals surface area (Å²) in [6.07, 6.45) is 0.868. The second kappa shape index (κ2) is 6.60. The van der Waals surface area contributed by atoms with Gasteiger partial charge in [0, 0.05) is 10.6 Å². The van der Waals surface area contributed by atoms with Crippen LogP contribution in [0, 0.1) is 0 Å². The highest BCUT2D eigenvalue weighted by Gasteiger charge is 2.39. The molecule has 122 valence electrons. The van der Waals surface area contributed by atoms with Crippen molar-refractivity contribution in [3.8, 4) is 0 Å². The molecule has 0 aromatic heterocycles. The minimum atomic E-state index is -0.563. The van der Waals surface area contributed by atoms with Crippen LogP contribution in [0.2, 0.25) is 10.0 Å². The second-order valence-corrected chi connectivity index (χ2v) is 6.50. The molecule has 0 fully saturated rings. The largest absolute Gasteiger partial charge is 0.277 e. The van der Waals surface area contributed by atoms with Crippen LogP contribution >= 0.6 is 34.8 Å². The van der Waals surface area contributed by atoms with Crippen molar-refractivity contribution >= 4 is 57.9 Å². The van der Waals surface area contributed by atoms with Crippen molar-refractivity contribution in [1.29, 1.82) is 0 Å². The smallest absolute Gasteiger partial charge is 0.268 e. The molecule has 2 amide bonds. The fraction of sp³-hybridized carbons (Fsp3) is 0.111. The number of amides is 2. The summed E-state index contributed by atoms with van der Waals surface area (Å²) in [7, 11) is 0. The Morgan fingerprint density at radius 2 is 1.58 bits per heavy atom. The predicted octanol–water partition coefficient (Wildman–Crippen LogP) is 5.08. The number of rotatable bonds is 3. The molecule has 6 heteroatoms. The molecule has 0 radical (unpaired) electrons. The van der Waals surface area contributed by atoms with Crippen molar-refractivity contribution in [2.75, 3.05) is 4.90 Å². The van der Waals surface area contributed by atoms with E-state index in [1.165, 1.54) is 6.07 Å². The van der Waals surface area contributed by atoms with Crippen LogP contribution < -0.4 is 4.90 Å². The minimum Gasteiger partial charge on any atom is -0.268 e. The molecule has 24 heavy (non-hydrogen) atoms. The van der Waals surface area contributed by atoms with Gasteiger partial charge >= 0.3 is 0 Å². The Hall–Kier alpha value is -1.81. The maximum absolute atomic E-state index is 12.8. The fourth-order valence-corrected chi connectivity index (χ4v) is 3.31. The number of imide groups is 1. The Labute approximate surface area is 154 Å². The third kappa shape index (κ3) is 2.84. The van der Waals surface area contributed by atoms with Crippen LogP contribution in [0.5, 0.6) is 0 Å². The molecule has 1 aliphatic heterocycles. The molecule has 2 aromatic carbocycles. The van der Waals surface area contributed by atoms with E-state index in [-0.39, 0.29) is 15.6 Å². The van der Waals surface area contributed by atoms with Gasteiger partial charge < -0.3 is 0 Å². The summed E-state index contributed by atoms with van der Waals surface area (Å²) < 4.78 is 0. The van der Waals surface area contributed by atoms with Gasteiger partial charge in [0.2, 0.25) is 0 Å². The third-order valence-corrected chi connectivity index (χ3v) is 4.73. The maximum atomic E-state index is 12.8. The Bertz CT molecular complexity index is 872. The van der Waals surface area contributed by atoms with Crippen molar-refractivity contribution in [1.82, 2.24) is 0 Å². The quantitative estimate of drug-likeness (QED) is 0.696. The van der Waals surface area contributed by atoms with E-state index in [0.29, 0.717) is 16.3 Å². The van der Waals surface area contributed by atoms with Gasteiger partial charge in [-0.25, -0.2) is 4.90 Å². The molecule has 0 saturated heterocycles. The first kappa shape index (κ1) is 17.0. The lowest BCUT2D eigenvalue weighted by atomic mass is 10.1. The molecule has 0 spiro atoms. The lowest BCUT2D eigenvalue weighted by Gasteiger charge is -2.15. The first-order valence-electron chi connectivity index (χ1n) is 7.27. The standard InChI is InChI=1S/C18H12Cl3NO2/c1-2-10-3-6-12(7-4-10)22-17(23)15(16(21)18(22)24)13-8-5-11(19)9-14(13)20/h3-9H,2H2,1H3. The van der Waals surface area contributed by atoms with Gasteiger partial charge in [-0.05, 0) is 36.2 Å². The van der Waals surface area contributed by atoms with E-state index in [0.717, 1.165) is 16.9 Å². The summed E-state index contributed by atoms with van der Waals surface area (Å²) in [6, 6.07) is 11.9. The van der Waals surface area contributed by atoms with Gasteiger partial charge in [0.15, 0.2) is 0 Å². The molecule has 0 aliphatic carbocycles. The van der Waals surface area contributed by atoms with Gasteiger partial charge in [-0.3, -0.25) is 9.59 Å². The molecule has 0 N–H and O–H groups in total. The highest BCUT2D eigenvalue weighted by molar-refractivity contribution is 6.60. The molecule has 1 aliphatic rings. The number of carbonyl (C=O) groups excluding carboxylic acids is 2. The van der Waals surface area contributed by atoms with Crippen LogP contribution in [0.3, 0.4) is 0 Å². The van der Waals surface area contributed by atoms with Crippen LogP contribution in [-0.2, 0) is 16.0 Å². The SMILES string of the molecule is CCc1ccc(N2C(=O)C(Cl)=C(c3ccc(Cl)cc3Cl)C2=O)cc1. The Morgan fingerprint density at radius 1 is 0.917 bits per heavy atom. The summed E-state index contributed by atoms with van der Waals surface area (Å²) in [5.74, 6) is -1.06. The minimum absolute atomic E-state index is 0.0860. The Morgan fingerprint density at radius 3 is 2.17 bits per heavy atom. The van der Waals surface area contributed by atoms with Crippen molar-refractivity contribution in [3.63, 3.8) is 0 Å². The van der Waals surface area contributed by atoms with Crippen LogP contribution in [0.25, 0.3) is 5.57 Å². The summed E-state index contributed by atoms with van der Waals surface area (Å²) in [5.41, 5.74) is 2.05. The van der Waals surface area contributed by atoms with Gasteiger partial charge in [-0.15, -0.1) is 0 Å². The highest BCUT2D eigenvalue weighted by atomic mass is 35.5. The average molecular weight is 381 g/mol.